The molecule has 0 amide bonds. The van der Waals surface area contributed by atoms with Crippen LogP contribution < -0.4 is 4.74 Å². The highest BCUT2D eigenvalue weighted by Crippen LogP contribution is 2.41. The second kappa shape index (κ2) is 10.5. The molecule has 0 N–H and O–H groups in total. The molecule has 2 aromatic carbocycles. The Morgan fingerprint density at radius 2 is 1.83 bits per heavy atom. The summed E-state index contributed by atoms with van der Waals surface area (Å²) in [5.74, 6) is 1.50. The molecular weight excluding hydrogens is 352 g/mol. The number of hydrogen-bond acceptors (Lipinski definition) is 1. The van der Waals surface area contributed by atoms with Crippen molar-refractivity contribution in [3.05, 3.63) is 78.4 Å². The Morgan fingerprint density at radius 3 is 2.45 bits per heavy atom. The first-order valence-electron chi connectivity index (χ1n) is 10.9. The van der Waals surface area contributed by atoms with Gasteiger partial charge in [0.1, 0.15) is 5.75 Å². The number of unbranched alkanes of at least 4 members (excludes halogenated alkanes) is 1. The molecule has 0 spiro atoms. The maximum absolute atomic E-state index is 6.29. The SMILES string of the molecule is C=CCCCOc1cc(C(C)CC)c(-c2cccc(CC=C)c2)cc1C(C)(C)C. The molecule has 1 nitrogen and oxygen atoms in total. The lowest BCUT2D eigenvalue weighted by atomic mass is 9.80. The van der Waals surface area contributed by atoms with Crippen molar-refractivity contribution < 1.29 is 4.74 Å². The van der Waals surface area contributed by atoms with Crippen LogP contribution in [0, 0.1) is 0 Å². The van der Waals surface area contributed by atoms with E-state index in [1.807, 2.05) is 12.2 Å². The van der Waals surface area contributed by atoms with Crippen LogP contribution in [0.2, 0.25) is 0 Å². The van der Waals surface area contributed by atoms with Crippen LogP contribution in [0.15, 0.2) is 61.7 Å². The number of benzene rings is 2. The van der Waals surface area contributed by atoms with Crippen LogP contribution in [0.3, 0.4) is 0 Å². The molecule has 0 saturated carbocycles. The number of rotatable bonds is 10. The predicted molar refractivity (Wildman–Crippen MR) is 128 cm³/mol. The maximum Gasteiger partial charge on any atom is 0.123 e. The van der Waals surface area contributed by atoms with E-state index >= 15 is 0 Å². The molecule has 0 aliphatic rings. The zero-order chi connectivity index (χ0) is 21.4. The normalized spacial score (nSPS) is 12.4. The van der Waals surface area contributed by atoms with Gasteiger partial charge in [-0.1, -0.05) is 71.0 Å². The van der Waals surface area contributed by atoms with Gasteiger partial charge in [0.25, 0.3) is 0 Å². The molecule has 29 heavy (non-hydrogen) atoms. The highest BCUT2D eigenvalue weighted by molar-refractivity contribution is 5.72. The van der Waals surface area contributed by atoms with Gasteiger partial charge in [-0.15, -0.1) is 13.2 Å². The summed E-state index contributed by atoms with van der Waals surface area (Å²) in [5, 5.41) is 0. The minimum absolute atomic E-state index is 0.00916. The van der Waals surface area contributed by atoms with Crippen molar-refractivity contribution in [2.75, 3.05) is 6.61 Å². The molecular formula is C28H38O. The van der Waals surface area contributed by atoms with Gasteiger partial charge < -0.3 is 4.74 Å². The third-order valence-electron chi connectivity index (χ3n) is 5.53. The first-order valence-corrected chi connectivity index (χ1v) is 10.9. The lowest BCUT2D eigenvalue weighted by Crippen LogP contribution is -2.15. The van der Waals surface area contributed by atoms with Crippen LogP contribution in [0.4, 0.5) is 0 Å². The molecule has 0 aliphatic carbocycles. The zero-order valence-electron chi connectivity index (χ0n) is 19.1. The fraction of sp³-hybridized carbons (Fsp3) is 0.429. The van der Waals surface area contributed by atoms with Gasteiger partial charge in [0.05, 0.1) is 6.61 Å². The van der Waals surface area contributed by atoms with Crippen LogP contribution in [0.25, 0.3) is 11.1 Å². The van der Waals surface area contributed by atoms with Crippen LogP contribution >= 0.6 is 0 Å². The van der Waals surface area contributed by atoms with Crippen LogP contribution in [0.1, 0.15) is 76.5 Å². The molecule has 0 aliphatic heterocycles. The molecule has 156 valence electrons. The van der Waals surface area contributed by atoms with E-state index in [9.17, 15) is 0 Å². The monoisotopic (exact) mass is 390 g/mol. The van der Waals surface area contributed by atoms with Crippen molar-refractivity contribution in [2.24, 2.45) is 0 Å². The lowest BCUT2D eigenvalue weighted by Gasteiger charge is -2.27. The highest BCUT2D eigenvalue weighted by atomic mass is 16.5. The molecule has 2 rings (SSSR count). The van der Waals surface area contributed by atoms with Crippen LogP contribution in [-0.2, 0) is 11.8 Å². The molecule has 0 saturated heterocycles. The van der Waals surface area contributed by atoms with E-state index in [2.05, 4.69) is 84.2 Å². The van der Waals surface area contributed by atoms with Gasteiger partial charge in [-0.25, -0.2) is 0 Å². The van der Waals surface area contributed by atoms with E-state index < -0.39 is 0 Å². The Hall–Kier alpha value is -2.28. The fourth-order valence-corrected chi connectivity index (χ4v) is 3.62. The summed E-state index contributed by atoms with van der Waals surface area (Å²) in [6.45, 7) is 19.8. The maximum atomic E-state index is 6.29. The zero-order valence-corrected chi connectivity index (χ0v) is 19.1. The fourth-order valence-electron chi connectivity index (χ4n) is 3.62. The van der Waals surface area contributed by atoms with Gasteiger partial charge in [0, 0.05) is 5.56 Å². The van der Waals surface area contributed by atoms with Crippen molar-refractivity contribution >= 4 is 0 Å². The number of allylic oxidation sites excluding steroid dienone is 2. The van der Waals surface area contributed by atoms with Crippen molar-refractivity contribution in [3.63, 3.8) is 0 Å². The number of hydrogen-bond donors (Lipinski definition) is 0. The van der Waals surface area contributed by atoms with E-state index in [-0.39, 0.29) is 5.41 Å². The third-order valence-corrected chi connectivity index (χ3v) is 5.53. The second-order valence-corrected chi connectivity index (χ2v) is 8.97. The van der Waals surface area contributed by atoms with Gasteiger partial charge in [0.2, 0.25) is 0 Å². The first-order chi connectivity index (χ1) is 13.8. The first kappa shape index (κ1) is 23.0. The number of ether oxygens (including phenoxy) is 1. The minimum atomic E-state index is 0.00916. The molecule has 0 aromatic heterocycles. The summed E-state index contributed by atoms with van der Waals surface area (Å²) in [6.07, 6.45) is 7.90. The van der Waals surface area contributed by atoms with Crippen molar-refractivity contribution in [1.29, 1.82) is 0 Å². The van der Waals surface area contributed by atoms with Gasteiger partial charge in [-0.3, -0.25) is 0 Å². The molecule has 2 aromatic rings. The van der Waals surface area contributed by atoms with Gasteiger partial charge in [-0.2, -0.15) is 0 Å². The molecule has 1 atom stereocenters. The minimum Gasteiger partial charge on any atom is -0.493 e. The third kappa shape index (κ3) is 6.10. The molecule has 0 heterocycles. The topological polar surface area (TPSA) is 9.23 Å². The van der Waals surface area contributed by atoms with Gasteiger partial charge in [0.15, 0.2) is 0 Å². The average molecular weight is 391 g/mol. The Morgan fingerprint density at radius 1 is 1.07 bits per heavy atom. The molecule has 1 heteroatoms. The average Bonchev–Trinajstić information content (AvgIpc) is 2.70. The molecule has 0 fully saturated rings. The predicted octanol–water partition coefficient (Wildman–Crippen LogP) is 8.24. The lowest BCUT2D eigenvalue weighted by molar-refractivity contribution is 0.303. The van der Waals surface area contributed by atoms with E-state index in [1.165, 1.54) is 27.8 Å². The summed E-state index contributed by atoms with van der Waals surface area (Å²) in [5.41, 5.74) is 6.56. The summed E-state index contributed by atoms with van der Waals surface area (Å²) >= 11 is 0. The molecule has 0 radical (unpaired) electrons. The Labute approximate surface area is 178 Å². The largest absolute Gasteiger partial charge is 0.493 e. The molecule has 0 bridgehead atoms. The summed E-state index contributed by atoms with van der Waals surface area (Å²) < 4.78 is 6.29. The van der Waals surface area contributed by atoms with Crippen molar-refractivity contribution in [1.82, 2.24) is 0 Å². The quantitative estimate of drug-likeness (QED) is 0.293. The Balaban J connectivity index is 2.60. The van der Waals surface area contributed by atoms with E-state index in [4.69, 9.17) is 4.74 Å². The highest BCUT2D eigenvalue weighted by Gasteiger charge is 2.23. The Kier molecular flexibility index (Phi) is 8.32. The van der Waals surface area contributed by atoms with E-state index in [0.717, 1.165) is 38.0 Å². The van der Waals surface area contributed by atoms with Crippen molar-refractivity contribution in [2.45, 2.75) is 71.6 Å². The second-order valence-electron chi connectivity index (χ2n) is 8.97. The van der Waals surface area contributed by atoms with Crippen molar-refractivity contribution in [3.8, 4) is 16.9 Å². The summed E-state index contributed by atoms with van der Waals surface area (Å²) in [6, 6.07) is 13.5. The van der Waals surface area contributed by atoms with Crippen LogP contribution in [-0.4, -0.2) is 6.61 Å². The van der Waals surface area contributed by atoms with Crippen LogP contribution in [0.5, 0.6) is 5.75 Å². The summed E-state index contributed by atoms with van der Waals surface area (Å²) in [4.78, 5) is 0. The molecule has 1 unspecified atom stereocenters. The van der Waals surface area contributed by atoms with E-state index in [0.29, 0.717) is 5.92 Å². The van der Waals surface area contributed by atoms with Gasteiger partial charge in [-0.05, 0) is 71.4 Å². The van der Waals surface area contributed by atoms with E-state index in [1.54, 1.807) is 0 Å². The Bertz CT molecular complexity index is 823. The van der Waals surface area contributed by atoms with Gasteiger partial charge >= 0.3 is 0 Å². The standard InChI is InChI=1S/C28H38O/c1-8-11-12-17-29-27-20-24(21(4)10-3)25(19-26(27)28(5,6)7)23-16-13-15-22(18-23)14-9-2/h8-9,13,15-16,18-21H,1-2,10-12,14,17H2,3-7H3. The summed E-state index contributed by atoms with van der Waals surface area (Å²) in [7, 11) is 0. The smallest absolute Gasteiger partial charge is 0.123 e.